The van der Waals surface area contributed by atoms with Crippen LogP contribution in [0.3, 0.4) is 0 Å². The van der Waals surface area contributed by atoms with Gasteiger partial charge in [0.2, 0.25) is 0 Å². The molecule has 1 unspecified atom stereocenters. The Labute approximate surface area is 100 Å². The van der Waals surface area contributed by atoms with E-state index in [4.69, 9.17) is 14.6 Å². The summed E-state index contributed by atoms with van der Waals surface area (Å²) in [6.45, 7) is 2.53. The lowest BCUT2D eigenvalue weighted by Gasteiger charge is -2.10. The van der Waals surface area contributed by atoms with Gasteiger partial charge < -0.3 is 14.6 Å². The van der Waals surface area contributed by atoms with E-state index in [1.54, 1.807) is 18.2 Å². The molecule has 1 heterocycles. The average molecular weight is 236 g/mol. The van der Waals surface area contributed by atoms with Crippen molar-refractivity contribution in [2.75, 3.05) is 19.8 Å². The van der Waals surface area contributed by atoms with Gasteiger partial charge in [0.25, 0.3) is 0 Å². The predicted molar refractivity (Wildman–Crippen MR) is 62.0 cm³/mol. The van der Waals surface area contributed by atoms with Gasteiger partial charge in [0.1, 0.15) is 0 Å². The van der Waals surface area contributed by atoms with E-state index in [1.165, 1.54) is 0 Å². The van der Waals surface area contributed by atoms with Gasteiger partial charge in [-0.2, -0.15) is 0 Å². The molecule has 0 aliphatic carbocycles. The van der Waals surface area contributed by atoms with Crippen molar-refractivity contribution in [2.45, 2.75) is 13.0 Å². The molecule has 1 aliphatic rings. The third-order valence-electron chi connectivity index (χ3n) is 2.88. The van der Waals surface area contributed by atoms with Gasteiger partial charge in [0.05, 0.1) is 25.4 Å². The predicted octanol–water partition coefficient (Wildman–Crippen LogP) is 1.94. The van der Waals surface area contributed by atoms with Crippen LogP contribution in [0.15, 0.2) is 24.3 Å². The lowest BCUT2D eigenvalue weighted by Crippen LogP contribution is -2.10. The van der Waals surface area contributed by atoms with Crippen molar-refractivity contribution in [3.05, 3.63) is 35.4 Å². The number of carboxylic acid groups (broad SMARTS) is 1. The highest BCUT2D eigenvalue weighted by molar-refractivity contribution is 5.89. The van der Waals surface area contributed by atoms with E-state index in [9.17, 15) is 4.79 Å². The normalized spacial score (nSPS) is 19.4. The first kappa shape index (κ1) is 12.1. The van der Waals surface area contributed by atoms with Crippen LogP contribution in [0.2, 0.25) is 0 Å². The molecule has 0 spiro atoms. The molecule has 0 aromatic heterocycles. The molecule has 1 N–H and O–H groups in total. The molecule has 2 rings (SSSR count). The van der Waals surface area contributed by atoms with Gasteiger partial charge in [-0.3, -0.25) is 0 Å². The van der Waals surface area contributed by atoms with Gasteiger partial charge in [0, 0.05) is 12.5 Å². The van der Waals surface area contributed by atoms with Crippen LogP contribution in [0.25, 0.3) is 0 Å². The minimum absolute atomic E-state index is 0.315. The smallest absolute Gasteiger partial charge is 0.336 e. The van der Waals surface area contributed by atoms with E-state index in [1.807, 2.05) is 6.07 Å². The first-order valence-corrected chi connectivity index (χ1v) is 5.74. The van der Waals surface area contributed by atoms with Crippen molar-refractivity contribution in [1.29, 1.82) is 0 Å². The van der Waals surface area contributed by atoms with E-state index in [-0.39, 0.29) is 0 Å². The number of hydrogen-bond acceptors (Lipinski definition) is 3. The molecule has 1 atom stereocenters. The molecule has 1 fully saturated rings. The zero-order valence-electron chi connectivity index (χ0n) is 9.59. The molecule has 17 heavy (non-hydrogen) atoms. The number of carboxylic acids is 1. The molecule has 1 aromatic carbocycles. The minimum Gasteiger partial charge on any atom is -0.478 e. The summed E-state index contributed by atoms with van der Waals surface area (Å²) in [6.07, 6.45) is 1.03. The molecule has 1 aliphatic heterocycles. The van der Waals surface area contributed by atoms with E-state index < -0.39 is 5.97 Å². The van der Waals surface area contributed by atoms with Crippen LogP contribution in [-0.2, 0) is 16.1 Å². The first-order chi connectivity index (χ1) is 8.27. The molecule has 92 valence electrons. The standard InChI is InChI=1S/C13H16O4/c14-13(15)12-4-2-1-3-11(12)9-17-8-10-5-6-16-7-10/h1-4,10H,5-9H2,(H,14,15). The summed E-state index contributed by atoms with van der Waals surface area (Å²) in [5.41, 5.74) is 1.04. The Morgan fingerprint density at radius 3 is 3.00 bits per heavy atom. The Morgan fingerprint density at radius 1 is 1.47 bits per heavy atom. The van der Waals surface area contributed by atoms with Crippen molar-refractivity contribution < 1.29 is 19.4 Å². The third-order valence-corrected chi connectivity index (χ3v) is 2.88. The molecule has 0 saturated carbocycles. The molecule has 0 amide bonds. The number of aromatic carboxylic acids is 1. The van der Waals surface area contributed by atoms with Gasteiger partial charge in [-0.1, -0.05) is 18.2 Å². The van der Waals surface area contributed by atoms with E-state index >= 15 is 0 Å². The number of rotatable bonds is 5. The van der Waals surface area contributed by atoms with E-state index in [2.05, 4.69) is 0 Å². The summed E-state index contributed by atoms with van der Waals surface area (Å²) >= 11 is 0. The quantitative estimate of drug-likeness (QED) is 0.848. The summed E-state index contributed by atoms with van der Waals surface area (Å²) in [5.74, 6) is -0.458. The Hall–Kier alpha value is -1.39. The second-order valence-corrected chi connectivity index (χ2v) is 4.21. The van der Waals surface area contributed by atoms with Crippen LogP contribution in [0.5, 0.6) is 0 Å². The topological polar surface area (TPSA) is 55.8 Å². The third kappa shape index (κ3) is 3.28. The maximum Gasteiger partial charge on any atom is 0.336 e. The Balaban J connectivity index is 1.87. The number of hydrogen-bond donors (Lipinski definition) is 1. The monoisotopic (exact) mass is 236 g/mol. The highest BCUT2D eigenvalue weighted by Gasteiger charge is 2.16. The van der Waals surface area contributed by atoms with E-state index in [0.717, 1.165) is 25.2 Å². The lowest BCUT2D eigenvalue weighted by atomic mass is 10.1. The number of ether oxygens (including phenoxy) is 2. The van der Waals surface area contributed by atoms with Crippen LogP contribution in [0.1, 0.15) is 22.3 Å². The van der Waals surface area contributed by atoms with E-state index in [0.29, 0.717) is 24.7 Å². The van der Waals surface area contributed by atoms with Crippen molar-refractivity contribution in [2.24, 2.45) is 5.92 Å². The first-order valence-electron chi connectivity index (χ1n) is 5.74. The maximum atomic E-state index is 11.0. The molecular formula is C13H16O4. The highest BCUT2D eigenvalue weighted by atomic mass is 16.5. The lowest BCUT2D eigenvalue weighted by molar-refractivity contribution is 0.0666. The number of benzene rings is 1. The van der Waals surface area contributed by atoms with Crippen molar-refractivity contribution >= 4 is 5.97 Å². The van der Waals surface area contributed by atoms with Gasteiger partial charge in [0.15, 0.2) is 0 Å². The molecule has 1 aromatic rings. The van der Waals surface area contributed by atoms with Gasteiger partial charge in [-0.15, -0.1) is 0 Å². The molecular weight excluding hydrogens is 220 g/mol. The summed E-state index contributed by atoms with van der Waals surface area (Å²) in [7, 11) is 0. The van der Waals surface area contributed by atoms with Crippen molar-refractivity contribution in [3.8, 4) is 0 Å². The second-order valence-electron chi connectivity index (χ2n) is 4.21. The van der Waals surface area contributed by atoms with Crippen molar-refractivity contribution in [3.63, 3.8) is 0 Å². The molecule has 1 saturated heterocycles. The van der Waals surface area contributed by atoms with Crippen LogP contribution in [0.4, 0.5) is 0 Å². The maximum absolute atomic E-state index is 11.0. The summed E-state index contributed by atoms with van der Waals surface area (Å²) in [4.78, 5) is 11.0. The number of carbonyl (C=O) groups is 1. The molecule has 0 bridgehead atoms. The Morgan fingerprint density at radius 2 is 2.29 bits per heavy atom. The van der Waals surface area contributed by atoms with Crippen LogP contribution in [-0.4, -0.2) is 30.9 Å². The van der Waals surface area contributed by atoms with Crippen molar-refractivity contribution in [1.82, 2.24) is 0 Å². The second kappa shape index (κ2) is 5.80. The Bertz CT molecular complexity index is 383. The summed E-state index contributed by atoms with van der Waals surface area (Å²) < 4.78 is 10.8. The van der Waals surface area contributed by atoms with Gasteiger partial charge >= 0.3 is 5.97 Å². The molecule has 4 nitrogen and oxygen atoms in total. The van der Waals surface area contributed by atoms with Gasteiger partial charge in [-0.05, 0) is 18.1 Å². The fraction of sp³-hybridized carbons (Fsp3) is 0.462. The Kier molecular flexibility index (Phi) is 4.12. The summed E-state index contributed by atoms with van der Waals surface area (Å²) in [5, 5.41) is 9.00. The molecule has 0 radical (unpaired) electrons. The van der Waals surface area contributed by atoms with Gasteiger partial charge in [-0.25, -0.2) is 4.79 Å². The molecule has 4 heteroatoms. The fourth-order valence-electron chi connectivity index (χ4n) is 1.91. The minimum atomic E-state index is -0.909. The highest BCUT2D eigenvalue weighted by Crippen LogP contribution is 2.15. The SMILES string of the molecule is O=C(O)c1ccccc1COCC1CCOC1. The van der Waals surface area contributed by atoms with Crippen LogP contribution >= 0.6 is 0 Å². The van der Waals surface area contributed by atoms with Crippen LogP contribution < -0.4 is 0 Å². The fourth-order valence-corrected chi connectivity index (χ4v) is 1.91. The largest absolute Gasteiger partial charge is 0.478 e. The van der Waals surface area contributed by atoms with Crippen LogP contribution in [0, 0.1) is 5.92 Å². The summed E-state index contributed by atoms with van der Waals surface area (Å²) in [6, 6.07) is 6.93. The average Bonchev–Trinajstić information content (AvgIpc) is 2.82. The zero-order valence-corrected chi connectivity index (χ0v) is 9.59. The zero-order chi connectivity index (χ0) is 12.1.